The van der Waals surface area contributed by atoms with Gasteiger partial charge in [0.15, 0.2) is 11.5 Å². The van der Waals surface area contributed by atoms with Crippen molar-refractivity contribution in [3.8, 4) is 0 Å². The Morgan fingerprint density at radius 3 is 2.61 bits per heavy atom. The fraction of sp³-hybridized carbons (Fsp3) is 0.538. The van der Waals surface area contributed by atoms with E-state index in [4.69, 9.17) is 9.47 Å². The molecule has 0 aromatic heterocycles. The number of cyclic esters (lactones) is 1. The van der Waals surface area contributed by atoms with Crippen molar-refractivity contribution in [2.75, 3.05) is 14.2 Å². The summed E-state index contributed by atoms with van der Waals surface area (Å²) in [5.41, 5.74) is 0.487. The van der Waals surface area contributed by atoms with Crippen LogP contribution in [0.1, 0.15) is 32.6 Å². The largest absolute Gasteiger partial charge is 0.492 e. The van der Waals surface area contributed by atoms with Gasteiger partial charge in [-0.25, -0.2) is 9.59 Å². The van der Waals surface area contributed by atoms with Gasteiger partial charge in [-0.3, -0.25) is 0 Å². The van der Waals surface area contributed by atoms with Crippen LogP contribution in [-0.2, 0) is 23.8 Å². The topological polar surface area (TPSA) is 61.8 Å². The number of carbonyl (C=O) groups excluding carboxylic acids is 2. The van der Waals surface area contributed by atoms with Crippen LogP contribution in [0, 0.1) is 0 Å². The van der Waals surface area contributed by atoms with Gasteiger partial charge in [0, 0.05) is 0 Å². The lowest BCUT2D eigenvalue weighted by atomic mass is 10.1. The molecule has 1 aliphatic heterocycles. The van der Waals surface area contributed by atoms with E-state index in [0.717, 1.165) is 25.3 Å². The van der Waals surface area contributed by atoms with E-state index in [1.807, 2.05) is 0 Å². The normalized spacial score (nSPS) is 17.1. The fourth-order valence-electron chi connectivity index (χ4n) is 1.70. The number of carbonyl (C=O) groups is 2. The predicted molar refractivity (Wildman–Crippen MR) is 64.4 cm³/mol. The molecule has 0 aliphatic carbocycles. The predicted octanol–water partition coefficient (Wildman–Crippen LogP) is 2.08. The molecule has 1 heterocycles. The maximum Gasteiger partial charge on any atom is 0.343 e. The molecular weight excluding hydrogens is 236 g/mol. The van der Waals surface area contributed by atoms with Crippen molar-refractivity contribution < 1.29 is 23.8 Å². The smallest absolute Gasteiger partial charge is 0.343 e. The molecule has 0 radical (unpaired) electrons. The van der Waals surface area contributed by atoms with Crippen molar-refractivity contribution in [3.05, 3.63) is 23.2 Å². The number of hydrogen-bond acceptors (Lipinski definition) is 5. The van der Waals surface area contributed by atoms with Crippen molar-refractivity contribution in [1.29, 1.82) is 0 Å². The first kappa shape index (κ1) is 14.3. The minimum atomic E-state index is -0.581. The number of ether oxygens (including phenoxy) is 3. The SMILES string of the molecule is CCCCCC1=C(OC)/C(=C\C(=O)OC)OC1=O. The van der Waals surface area contributed by atoms with Gasteiger partial charge in [0.25, 0.3) is 0 Å². The van der Waals surface area contributed by atoms with Gasteiger partial charge < -0.3 is 14.2 Å². The third-order valence-electron chi connectivity index (χ3n) is 2.63. The third kappa shape index (κ3) is 3.35. The van der Waals surface area contributed by atoms with Crippen molar-refractivity contribution in [2.45, 2.75) is 32.6 Å². The molecule has 0 bridgehead atoms. The van der Waals surface area contributed by atoms with Gasteiger partial charge in [0.2, 0.25) is 0 Å². The molecule has 18 heavy (non-hydrogen) atoms. The number of hydrogen-bond donors (Lipinski definition) is 0. The lowest BCUT2D eigenvalue weighted by Gasteiger charge is -2.02. The Hall–Kier alpha value is -1.78. The van der Waals surface area contributed by atoms with Crippen LogP contribution in [0.3, 0.4) is 0 Å². The van der Waals surface area contributed by atoms with Gasteiger partial charge in [-0.15, -0.1) is 0 Å². The van der Waals surface area contributed by atoms with Gasteiger partial charge in [0.05, 0.1) is 25.9 Å². The zero-order valence-electron chi connectivity index (χ0n) is 10.9. The van der Waals surface area contributed by atoms with Crippen molar-refractivity contribution in [1.82, 2.24) is 0 Å². The summed E-state index contributed by atoms with van der Waals surface area (Å²) in [4.78, 5) is 22.8. The summed E-state index contributed by atoms with van der Waals surface area (Å²) in [6.07, 6.45) is 4.69. The average molecular weight is 254 g/mol. The molecule has 0 unspecified atom stereocenters. The van der Waals surface area contributed by atoms with Crippen LogP contribution in [0.15, 0.2) is 23.2 Å². The Bertz CT molecular complexity index is 392. The highest BCUT2D eigenvalue weighted by Crippen LogP contribution is 2.30. The third-order valence-corrected chi connectivity index (χ3v) is 2.63. The maximum absolute atomic E-state index is 11.7. The summed E-state index contributed by atoms with van der Waals surface area (Å²) >= 11 is 0. The highest BCUT2D eigenvalue weighted by molar-refractivity contribution is 5.95. The second-order valence-electron chi connectivity index (χ2n) is 3.89. The summed E-state index contributed by atoms with van der Waals surface area (Å²) in [6.45, 7) is 2.08. The van der Waals surface area contributed by atoms with Gasteiger partial charge in [0.1, 0.15) is 0 Å². The molecule has 0 saturated carbocycles. The van der Waals surface area contributed by atoms with E-state index < -0.39 is 11.9 Å². The van der Waals surface area contributed by atoms with Crippen LogP contribution in [0.4, 0.5) is 0 Å². The van der Waals surface area contributed by atoms with E-state index in [0.29, 0.717) is 17.8 Å². The lowest BCUT2D eigenvalue weighted by Crippen LogP contribution is -2.00. The Labute approximate surface area is 106 Å². The van der Waals surface area contributed by atoms with Crippen molar-refractivity contribution in [2.24, 2.45) is 0 Å². The first-order chi connectivity index (χ1) is 8.63. The molecule has 0 N–H and O–H groups in total. The number of unbranched alkanes of at least 4 members (excludes halogenated alkanes) is 2. The quantitative estimate of drug-likeness (QED) is 0.412. The van der Waals surface area contributed by atoms with E-state index in [-0.39, 0.29) is 5.76 Å². The molecule has 5 heteroatoms. The summed E-state index contributed by atoms with van der Waals surface area (Å²) in [6, 6.07) is 0. The average Bonchev–Trinajstić information content (AvgIpc) is 2.65. The molecule has 0 aromatic carbocycles. The van der Waals surface area contributed by atoms with Crippen LogP contribution < -0.4 is 0 Å². The first-order valence-corrected chi connectivity index (χ1v) is 5.93. The summed E-state index contributed by atoms with van der Waals surface area (Å²) in [5, 5.41) is 0. The molecule has 5 nitrogen and oxygen atoms in total. The molecular formula is C13H18O5. The number of methoxy groups -OCH3 is 2. The first-order valence-electron chi connectivity index (χ1n) is 5.93. The highest BCUT2D eigenvalue weighted by Gasteiger charge is 2.31. The van der Waals surface area contributed by atoms with E-state index in [1.165, 1.54) is 14.2 Å². The zero-order valence-corrected chi connectivity index (χ0v) is 10.9. The molecule has 1 aliphatic rings. The molecule has 0 aromatic rings. The van der Waals surface area contributed by atoms with Crippen molar-refractivity contribution in [3.63, 3.8) is 0 Å². The molecule has 100 valence electrons. The van der Waals surface area contributed by atoms with Crippen LogP contribution in [0.25, 0.3) is 0 Å². The summed E-state index contributed by atoms with van der Waals surface area (Å²) in [5.74, 6) is -0.567. The van der Waals surface area contributed by atoms with E-state index in [1.54, 1.807) is 0 Å². The fourth-order valence-corrected chi connectivity index (χ4v) is 1.70. The zero-order chi connectivity index (χ0) is 13.5. The van der Waals surface area contributed by atoms with Crippen LogP contribution in [0.2, 0.25) is 0 Å². The summed E-state index contributed by atoms with van der Waals surface area (Å²) < 4.78 is 14.6. The molecule has 0 atom stereocenters. The Kier molecular flexibility index (Phi) is 5.42. The van der Waals surface area contributed by atoms with E-state index in [2.05, 4.69) is 11.7 Å². The Morgan fingerprint density at radius 2 is 2.06 bits per heavy atom. The number of esters is 2. The minimum absolute atomic E-state index is 0.126. The molecule has 0 spiro atoms. The van der Waals surface area contributed by atoms with Crippen LogP contribution in [0.5, 0.6) is 0 Å². The second-order valence-corrected chi connectivity index (χ2v) is 3.89. The van der Waals surface area contributed by atoms with Crippen molar-refractivity contribution >= 4 is 11.9 Å². The van der Waals surface area contributed by atoms with Crippen LogP contribution in [-0.4, -0.2) is 26.2 Å². The molecule has 0 saturated heterocycles. The second kappa shape index (κ2) is 6.83. The molecule has 0 fully saturated rings. The van der Waals surface area contributed by atoms with E-state index >= 15 is 0 Å². The monoisotopic (exact) mass is 254 g/mol. The lowest BCUT2D eigenvalue weighted by molar-refractivity contribution is -0.135. The Morgan fingerprint density at radius 1 is 1.33 bits per heavy atom. The Balaban J connectivity index is 2.88. The standard InChI is InChI=1S/C13H18O5/c1-4-5-6-7-9-12(17-3)10(18-13(9)15)8-11(14)16-2/h8H,4-7H2,1-3H3/b10-8+. The number of rotatable bonds is 6. The summed E-state index contributed by atoms with van der Waals surface area (Å²) in [7, 11) is 2.71. The highest BCUT2D eigenvalue weighted by atomic mass is 16.6. The molecule has 1 rings (SSSR count). The van der Waals surface area contributed by atoms with Gasteiger partial charge in [-0.2, -0.15) is 0 Å². The van der Waals surface area contributed by atoms with Gasteiger partial charge in [-0.1, -0.05) is 19.8 Å². The van der Waals surface area contributed by atoms with E-state index in [9.17, 15) is 9.59 Å². The minimum Gasteiger partial charge on any atom is -0.492 e. The van der Waals surface area contributed by atoms with Gasteiger partial charge in [-0.05, 0) is 12.8 Å². The maximum atomic E-state index is 11.7. The van der Waals surface area contributed by atoms with Gasteiger partial charge >= 0.3 is 11.9 Å². The molecule has 0 amide bonds. The van der Waals surface area contributed by atoms with Crippen LogP contribution >= 0.6 is 0 Å².